The lowest BCUT2D eigenvalue weighted by molar-refractivity contribution is 0.362. The molecule has 0 aliphatic rings. The maximum absolute atomic E-state index is 5.64. The lowest BCUT2D eigenvalue weighted by Gasteiger charge is -2.07. The number of benzene rings is 2. The number of hydrogen-bond donors (Lipinski definition) is 0. The molecule has 0 spiro atoms. The molecule has 0 unspecified atom stereocenters. The van der Waals surface area contributed by atoms with Crippen molar-refractivity contribution in [3.8, 4) is 5.75 Å². The first-order chi connectivity index (χ1) is 10.2. The van der Waals surface area contributed by atoms with Crippen molar-refractivity contribution in [3.05, 3.63) is 70.7 Å². The molecule has 0 amide bonds. The Morgan fingerprint density at radius 2 is 1.95 bits per heavy atom. The molecule has 0 radical (unpaired) electrons. The van der Waals surface area contributed by atoms with E-state index < -0.39 is 0 Å². The summed E-state index contributed by atoms with van der Waals surface area (Å²) in [5.41, 5.74) is 3.18. The van der Waals surface area contributed by atoms with Crippen LogP contribution in [0.4, 0.5) is 5.69 Å². The number of aliphatic imine (C=N–C) groups is 1. The second kappa shape index (κ2) is 7.79. The maximum Gasteiger partial charge on any atom is 0.128 e. The van der Waals surface area contributed by atoms with E-state index in [9.17, 15) is 0 Å². The normalized spacial score (nSPS) is 10.8. The van der Waals surface area contributed by atoms with E-state index in [4.69, 9.17) is 4.74 Å². The Morgan fingerprint density at radius 1 is 1.19 bits per heavy atom. The van der Waals surface area contributed by atoms with Gasteiger partial charge in [0.1, 0.15) is 12.4 Å². The number of ether oxygens (including phenoxy) is 1. The summed E-state index contributed by atoms with van der Waals surface area (Å²) in [6, 6.07) is 14.1. The van der Waals surface area contributed by atoms with Crippen molar-refractivity contribution in [2.75, 3.05) is 6.61 Å². The first-order valence-electron chi connectivity index (χ1n) is 6.89. The second-order valence-corrected chi connectivity index (χ2v) is 5.48. The Hall–Kier alpha value is -1.87. The molecule has 0 bridgehead atoms. The molecule has 0 N–H and O–H groups in total. The fourth-order valence-electron chi connectivity index (χ4n) is 1.86. The molecule has 0 aliphatic heterocycles. The monoisotopic (exact) mass is 343 g/mol. The molecule has 0 aromatic heterocycles. The van der Waals surface area contributed by atoms with Crippen LogP contribution in [0.2, 0.25) is 0 Å². The van der Waals surface area contributed by atoms with Gasteiger partial charge >= 0.3 is 0 Å². The topological polar surface area (TPSA) is 21.6 Å². The van der Waals surface area contributed by atoms with E-state index in [2.05, 4.69) is 46.6 Å². The lowest BCUT2D eigenvalue weighted by Crippen LogP contribution is -1.96. The molecule has 0 saturated heterocycles. The number of hydrogen-bond acceptors (Lipinski definition) is 2. The van der Waals surface area contributed by atoms with Crippen LogP contribution in [0.3, 0.4) is 0 Å². The highest BCUT2D eigenvalue weighted by Gasteiger charge is 2.02. The van der Waals surface area contributed by atoms with Gasteiger partial charge < -0.3 is 4.74 Å². The predicted octanol–water partition coefficient (Wildman–Crippen LogP) is 5.33. The van der Waals surface area contributed by atoms with Crippen molar-refractivity contribution in [1.29, 1.82) is 0 Å². The van der Waals surface area contributed by atoms with Gasteiger partial charge in [-0.15, -0.1) is 0 Å². The zero-order chi connectivity index (χ0) is 15.1. The molecule has 0 saturated carbocycles. The minimum Gasteiger partial charge on any atom is -0.489 e. The van der Waals surface area contributed by atoms with Crippen molar-refractivity contribution < 1.29 is 4.74 Å². The van der Waals surface area contributed by atoms with Gasteiger partial charge in [-0.25, -0.2) is 0 Å². The summed E-state index contributed by atoms with van der Waals surface area (Å²) in [6.45, 7) is 6.29. The molecule has 0 atom stereocenters. The Labute approximate surface area is 134 Å². The van der Waals surface area contributed by atoms with Crippen LogP contribution >= 0.6 is 15.9 Å². The van der Waals surface area contributed by atoms with Crippen LogP contribution in [0.25, 0.3) is 0 Å². The van der Waals surface area contributed by atoms with E-state index in [1.54, 1.807) is 6.08 Å². The molecule has 0 fully saturated rings. The summed E-state index contributed by atoms with van der Waals surface area (Å²) < 4.78 is 6.63. The van der Waals surface area contributed by atoms with Gasteiger partial charge in [-0.3, -0.25) is 4.99 Å². The largest absolute Gasteiger partial charge is 0.489 e. The number of rotatable bonds is 6. The third-order valence-corrected chi connectivity index (χ3v) is 3.52. The van der Waals surface area contributed by atoms with Crippen molar-refractivity contribution in [1.82, 2.24) is 0 Å². The fourth-order valence-corrected chi connectivity index (χ4v) is 2.24. The van der Waals surface area contributed by atoms with Crippen LogP contribution in [0.15, 0.2) is 64.6 Å². The van der Waals surface area contributed by atoms with E-state index in [0.717, 1.165) is 27.9 Å². The van der Waals surface area contributed by atoms with Crippen LogP contribution in [-0.2, 0) is 6.42 Å². The Bertz CT molecular complexity index is 632. The summed E-state index contributed by atoms with van der Waals surface area (Å²) in [7, 11) is 0. The van der Waals surface area contributed by atoms with Crippen molar-refractivity contribution in [3.63, 3.8) is 0 Å². The summed E-state index contributed by atoms with van der Waals surface area (Å²) in [4.78, 5) is 4.51. The third-order valence-electron chi connectivity index (χ3n) is 3.03. The number of aryl methyl sites for hydroxylation is 1. The van der Waals surface area contributed by atoms with Crippen LogP contribution in [0, 0.1) is 0 Å². The van der Waals surface area contributed by atoms with E-state index in [-0.39, 0.29) is 0 Å². The standard InChI is InChI=1S/C18H18BrNO/c1-3-11-21-18-10-7-16(19)12-15(18)13-20-17-8-5-14(4-2)6-9-17/h3,5-10,12-13H,1,4,11H2,2H3. The van der Waals surface area contributed by atoms with Crippen LogP contribution in [0.1, 0.15) is 18.1 Å². The van der Waals surface area contributed by atoms with E-state index >= 15 is 0 Å². The Kier molecular flexibility index (Phi) is 5.76. The molecule has 108 valence electrons. The third kappa shape index (κ3) is 4.57. The summed E-state index contributed by atoms with van der Waals surface area (Å²) in [5.74, 6) is 0.798. The van der Waals surface area contributed by atoms with Gasteiger partial charge in [0.15, 0.2) is 0 Å². The van der Waals surface area contributed by atoms with Gasteiger partial charge in [0.25, 0.3) is 0 Å². The van der Waals surface area contributed by atoms with Gasteiger partial charge in [-0.2, -0.15) is 0 Å². The number of halogens is 1. The van der Waals surface area contributed by atoms with E-state index in [1.807, 2.05) is 36.5 Å². The van der Waals surface area contributed by atoms with Gasteiger partial charge in [0.05, 0.1) is 5.69 Å². The highest BCUT2D eigenvalue weighted by atomic mass is 79.9. The van der Waals surface area contributed by atoms with Gasteiger partial charge in [-0.1, -0.05) is 47.6 Å². The van der Waals surface area contributed by atoms with E-state index in [1.165, 1.54) is 5.56 Å². The molecule has 2 aromatic rings. The maximum atomic E-state index is 5.64. The van der Waals surface area contributed by atoms with Crippen molar-refractivity contribution in [2.24, 2.45) is 4.99 Å². The van der Waals surface area contributed by atoms with Crippen molar-refractivity contribution in [2.45, 2.75) is 13.3 Å². The van der Waals surface area contributed by atoms with Gasteiger partial charge in [0, 0.05) is 16.3 Å². The molecule has 2 aromatic carbocycles. The van der Waals surface area contributed by atoms with Gasteiger partial charge in [-0.05, 0) is 42.3 Å². The molecule has 21 heavy (non-hydrogen) atoms. The van der Waals surface area contributed by atoms with Crippen LogP contribution < -0.4 is 4.74 Å². The first-order valence-corrected chi connectivity index (χ1v) is 7.68. The summed E-state index contributed by atoms with van der Waals surface area (Å²) in [6.07, 6.45) is 4.59. The molecule has 2 nitrogen and oxygen atoms in total. The molecule has 2 rings (SSSR count). The molecule has 0 heterocycles. The van der Waals surface area contributed by atoms with Crippen molar-refractivity contribution >= 4 is 27.8 Å². The van der Waals surface area contributed by atoms with Gasteiger partial charge in [0.2, 0.25) is 0 Å². The predicted molar refractivity (Wildman–Crippen MR) is 92.9 cm³/mol. The fraction of sp³-hybridized carbons (Fsp3) is 0.167. The van der Waals surface area contributed by atoms with Crippen LogP contribution in [-0.4, -0.2) is 12.8 Å². The molecule has 0 aliphatic carbocycles. The van der Waals surface area contributed by atoms with E-state index in [0.29, 0.717) is 6.61 Å². The average molecular weight is 344 g/mol. The minimum atomic E-state index is 0.480. The quantitative estimate of drug-likeness (QED) is 0.513. The molecule has 3 heteroatoms. The van der Waals surface area contributed by atoms with Crippen LogP contribution in [0.5, 0.6) is 5.75 Å². The lowest BCUT2D eigenvalue weighted by atomic mass is 10.1. The summed E-state index contributed by atoms with van der Waals surface area (Å²) in [5, 5.41) is 0. The number of nitrogens with zero attached hydrogens (tertiary/aromatic N) is 1. The molecular weight excluding hydrogens is 326 g/mol. The highest BCUT2D eigenvalue weighted by molar-refractivity contribution is 9.10. The highest BCUT2D eigenvalue weighted by Crippen LogP contribution is 2.23. The first kappa shape index (κ1) is 15.5. The zero-order valence-corrected chi connectivity index (χ0v) is 13.6. The zero-order valence-electron chi connectivity index (χ0n) is 12.1. The smallest absolute Gasteiger partial charge is 0.128 e. The second-order valence-electron chi connectivity index (χ2n) is 4.56. The average Bonchev–Trinajstić information content (AvgIpc) is 2.52. The summed E-state index contributed by atoms with van der Waals surface area (Å²) >= 11 is 3.47. The SMILES string of the molecule is C=CCOc1ccc(Br)cc1C=Nc1ccc(CC)cc1. The minimum absolute atomic E-state index is 0.480. The Morgan fingerprint density at radius 3 is 2.62 bits per heavy atom. The molecular formula is C18H18BrNO. The Balaban J connectivity index is 2.21.